The zero-order valence-electron chi connectivity index (χ0n) is 15.1. The van der Waals surface area contributed by atoms with Crippen molar-refractivity contribution < 1.29 is 14.5 Å². The van der Waals surface area contributed by atoms with Crippen LogP contribution in [0.15, 0.2) is 29.1 Å². The van der Waals surface area contributed by atoms with Gasteiger partial charge in [0.25, 0.3) is 11.2 Å². The Morgan fingerprint density at radius 2 is 2.07 bits per heavy atom. The molecule has 0 saturated carbocycles. The Morgan fingerprint density at radius 1 is 1.31 bits per heavy atom. The maximum atomic E-state index is 12.9. The number of hydrogen-bond acceptors (Lipinski definition) is 8. The van der Waals surface area contributed by atoms with E-state index in [-0.39, 0.29) is 17.1 Å². The fourth-order valence-corrected chi connectivity index (χ4v) is 3.62. The molecular formula is C18H16N6O5. The van der Waals surface area contributed by atoms with Gasteiger partial charge in [0, 0.05) is 31.1 Å². The number of rotatable bonds is 3. The molecule has 2 atom stereocenters. The third-order valence-corrected chi connectivity index (χ3v) is 5.00. The largest absolute Gasteiger partial charge is 0.378 e. The average Bonchev–Trinajstić information content (AvgIpc) is 2.73. The minimum Gasteiger partial charge on any atom is -0.378 e. The summed E-state index contributed by atoms with van der Waals surface area (Å²) in [5.74, 6) is -2.45. The van der Waals surface area contributed by atoms with Crippen LogP contribution in [0.4, 0.5) is 17.5 Å². The van der Waals surface area contributed by atoms with E-state index in [2.05, 4.69) is 15.3 Å². The predicted molar refractivity (Wildman–Crippen MR) is 101 cm³/mol. The van der Waals surface area contributed by atoms with E-state index in [1.807, 2.05) is 11.0 Å². The highest BCUT2D eigenvalue weighted by molar-refractivity contribution is 5.98. The van der Waals surface area contributed by atoms with Crippen molar-refractivity contribution in [1.82, 2.24) is 9.97 Å². The molecule has 2 aliphatic heterocycles. The van der Waals surface area contributed by atoms with Gasteiger partial charge in [0.05, 0.1) is 29.8 Å². The van der Waals surface area contributed by atoms with E-state index in [4.69, 9.17) is 4.74 Å². The van der Waals surface area contributed by atoms with E-state index in [9.17, 15) is 25.0 Å². The fraction of sp³-hybridized carbons (Fsp3) is 0.333. The van der Waals surface area contributed by atoms with Gasteiger partial charge in [-0.2, -0.15) is 10.2 Å². The second-order valence-electron chi connectivity index (χ2n) is 6.68. The number of ether oxygens (including phenoxy) is 1. The number of benzene rings is 1. The lowest BCUT2D eigenvalue weighted by atomic mass is 9.79. The molecule has 2 aromatic rings. The van der Waals surface area contributed by atoms with Gasteiger partial charge in [0.1, 0.15) is 11.7 Å². The van der Waals surface area contributed by atoms with Crippen molar-refractivity contribution >= 4 is 23.4 Å². The molecule has 1 aromatic heterocycles. The van der Waals surface area contributed by atoms with Gasteiger partial charge in [-0.3, -0.25) is 24.7 Å². The Bertz CT molecular complexity index is 1080. The van der Waals surface area contributed by atoms with Crippen molar-refractivity contribution in [3.05, 3.63) is 55.9 Å². The number of nitro benzene ring substituents is 1. The van der Waals surface area contributed by atoms with E-state index >= 15 is 0 Å². The fourth-order valence-electron chi connectivity index (χ4n) is 3.62. The molecule has 2 N–H and O–H groups in total. The second kappa shape index (κ2) is 7.33. The zero-order chi connectivity index (χ0) is 20.5. The summed E-state index contributed by atoms with van der Waals surface area (Å²) >= 11 is 0. The molecule has 1 aromatic carbocycles. The summed E-state index contributed by atoms with van der Waals surface area (Å²) in [4.78, 5) is 45.0. The lowest BCUT2D eigenvalue weighted by Crippen LogP contribution is -2.41. The highest BCUT2D eigenvalue weighted by Crippen LogP contribution is 2.39. The molecular weight excluding hydrogens is 380 g/mol. The molecule has 148 valence electrons. The minimum absolute atomic E-state index is 0.0586. The van der Waals surface area contributed by atoms with E-state index in [1.165, 1.54) is 18.2 Å². The first-order chi connectivity index (χ1) is 14.0. The van der Waals surface area contributed by atoms with Crippen molar-refractivity contribution in [3.8, 4) is 6.07 Å². The topological polar surface area (TPSA) is 154 Å². The standard InChI is InChI=1S/C18H16N6O5/c19-9-12-13(10-2-1-3-11(8-10)24(27)28)14-15(20-16(12)25)21-18(22-17(14)26)23-4-6-29-7-5-23/h1-3,8,12-13H,4-7H2,(H2,20,21,22,25,26)/t12-,13+/m1/s1. The van der Waals surface area contributed by atoms with Crippen molar-refractivity contribution in [2.24, 2.45) is 5.92 Å². The summed E-state index contributed by atoms with van der Waals surface area (Å²) in [6, 6.07) is 7.49. The highest BCUT2D eigenvalue weighted by Gasteiger charge is 2.40. The molecule has 1 amide bonds. The molecule has 0 radical (unpaired) electrons. The maximum Gasteiger partial charge on any atom is 0.269 e. The van der Waals surface area contributed by atoms with Crippen LogP contribution in [0.25, 0.3) is 0 Å². The number of non-ortho nitro benzene ring substituents is 1. The quantitative estimate of drug-likeness (QED) is 0.569. The van der Waals surface area contributed by atoms with Crippen LogP contribution in [0.1, 0.15) is 17.0 Å². The number of nitrogens with one attached hydrogen (secondary N) is 2. The lowest BCUT2D eigenvalue weighted by molar-refractivity contribution is -0.384. The molecule has 29 heavy (non-hydrogen) atoms. The SMILES string of the molecule is N#C[C@H]1C(=O)Nc2nc(N3CCOCC3)[nH]c(=O)c2[C@H]1c1cccc([N+](=O)[O-])c1. The number of nitro groups is 1. The average molecular weight is 396 g/mol. The minimum atomic E-state index is -1.22. The Kier molecular flexibility index (Phi) is 4.69. The van der Waals surface area contributed by atoms with Gasteiger partial charge < -0.3 is 15.0 Å². The van der Waals surface area contributed by atoms with Crippen molar-refractivity contribution in [1.29, 1.82) is 5.26 Å². The number of fused-ring (bicyclic) bond motifs is 1. The van der Waals surface area contributed by atoms with Crippen molar-refractivity contribution in [2.75, 3.05) is 36.5 Å². The van der Waals surface area contributed by atoms with Gasteiger partial charge in [0.15, 0.2) is 0 Å². The molecule has 0 bridgehead atoms. The molecule has 0 unspecified atom stereocenters. The Labute approximate surface area is 164 Å². The summed E-state index contributed by atoms with van der Waals surface area (Å²) < 4.78 is 5.29. The molecule has 2 aliphatic rings. The highest BCUT2D eigenvalue weighted by atomic mass is 16.6. The maximum absolute atomic E-state index is 12.9. The smallest absolute Gasteiger partial charge is 0.269 e. The Balaban J connectivity index is 1.85. The number of morpholine rings is 1. The number of nitrogens with zero attached hydrogens (tertiary/aromatic N) is 4. The first kappa shape index (κ1) is 18.6. The molecule has 1 saturated heterocycles. The first-order valence-electron chi connectivity index (χ1n) is 8.91. The molecule has 3 heterocycles. The van der Waals surface area contributed by atoms with Crippen LogP contribution in [-0.2, 0) is 9.53 Å². The molecule has 0 spiro atoms. The van der Waals surface area contributed by atoms with Crippen LogP contribution in [0.2, 0.25) is 0 Å². The van der Waals surface area contributed by atoms with E-state index in [0.717, 1.165) is 0 Å². The van der Waals surface area contributed by atoms with Crippen LogP contribution in [0.5, 0.6) is 0 Å². The molecule has 4 rings (SSSR count). The van der Waals surface area contributed by atoms with E-state index < -0.39 is 28.2 Å². The predicted octanol–water partition coefficient (Wildman–Crippen LogP) is 0.738. The number of hydrogen-bond donors (Lipinski definition) is 2. The molecule has 0 aliphatic carbocycles. The van der Waals surface area contributed by atoms with E-state index in [1.54, 1.807) is 6.07 Å². The number of aromatic nitrogens is 2. The summed E-state index contributed by atoms with van der Waals surface area (Å²) in [5, 5.41) is 23.2. The van der Waals surface area contributed by atoms with Crippen LogP contribution >= 0.6 is 0 Å². The van der Waals surface area contributed by atoms with Crippen LogP contribution in [0.3, 0.4) is 0 Å². The number of anilines is 2. The lowest BCUT2D eigenvalue weighted by Gasteiger charge is -2.31. The Hall–Kier alpha value is -3.78. The summed E-state index contributed by atoms with van der Waals surface area (Å²) in [6.45, 7) is 2.04. The van der Waals surface area contributed by atoms with Gasteiger partial charge in [-0.25, -0.2) is 0 Å². The molecule has 11 nitrogen and oxygen atoms in total. The molecule has 1 fully saturated rings. The van der Waals surface area contributed by atoms with Gasteiger partial charge in [-0.15, -0.1) is 0 Å². The van der Waals surface area contributed by atoms with Crippen LogP contribution in [0, 0.1) is 27.4 Å². The third kappa shape index (κ3) is 3.30. The van der Waals surface area contributed by atoms with Crippen LogP contribution in [-0.4, -0.2) is 47.1 Å². The van der Waals surface area contributed by atoms with Gasteiger partial charge in [-0.05, 0) is 5.56 Å². The zero-order valence-corrected chi connectivity index (χ0v) is 15.1. The third-order valence-electron chi connectivity index (χ3n) is 5.00. The van der Waals surface area contributed by atoms with Crippen molar-refractivity contribution in [2.45, 2.75) is 5.92 Å². The van der Waals surface area contributed by atoms with Gasteiger partial charge in [-0.1, -0.05) is 12.1 Å². The van der Waals surface area contributed by atoms with Crippen LogP contribution < -0.4 is 15.8 Å². The van der Waals surface area contributed by atoms with E-state index in [0.29, 0.717) is 37.8 Å². The Morgan fingerprint density at radius 3 is 2.76 bits per heavy atom. The van der Waals surface area contributed by atoms with Crippen molar-refractivity contribution in [3.63, 3.8) is 0 Å². The molecule has 11 heteroatoms. The number of carbonyl (C=O) groups excluding carboxylic acids is 1. The monoisotopic (exact) mass is 396 g/mol. The number of aromatic amines is 1. The number of carbonyl (C=O) groups is 1. The number of nitriles is 1. The van der Waals surface area contributed by atoms with Gasteiger partial charge in [0.2, 0.25) is 11.9 Å². The second-order valence-corrected chi connectivity index (χ2v) is 6.68. The normalized spacial score (nSPS) is 21.1. The summed E-state index contributed by atoms with van der Waals surface area (Å²) in [5.41, 5.74) is -0.267. The summed E-state index contributed by atoms with van der Waals surface area (Å²) in [6.07, 6.45) is 0. The summed E-state index contributed by atoms with van der Waals surface area (Å²) in [7, 11) is 0. The first-order valence-corrected chi connectivity index (χ1v) is 8.91. The van der Waals surface area contributed by atoms with Gasteiger partial charge >= 0.3 is 0 Å². The number of amides is 1. The number of H-pyrrole nitrogens is 1.